The van der Waals surface area contributed by atoms with Gasteiger partial charge in [-0.25, -0.2) is 14.5 Å². The Labute approximate surface area is 210 Å². The van der Waals surface area contributed by atoms with Gasteiger partial charge in [0.15, 0.2) is 11.4 Å². The summed E-state index contributed by atoms with van der Waals surface area (Å²) in [6.45, 7) is 11.1. The maximum absolute atomic E-state index is 11.6. The Balaban J connectivity index is 1.26. The monoisotopic (exact) mass is 488 g/mol. The van der Waals surface area contributed by atoms with E-state index >= 15 is 0 Å². The van der Waals surface area contributed by atoms with Gasteiger partial charge in [0.25, 0.3) is 0 Å². The Morgan fingerprint density at radius 3 is 2.69 bits per heavy atom. The zero-order chi connectivity index (χ0) is 24.9. The first-order valence-corrected chi connectivity index (χ1v) is 12.7. The van der Waals surface area contributed by atoms with Crippen LogP contribution >= 0.6 is 0 Å². The molecule has 1 saturated heterocycles. The van der Waals surface area contributed by atoms with Crippen molar-refractivity contribution in [2.45, 2.75) is 45.6 Å². The molecule has 0 aromatic carbocycles. The SMILES string of the molecule is CC(C)(C)N1CCN(c2nccc3oc(-c4cnc5ccc(OC[C@H]6CCC(=O)C6)nn45)cc23)CC1. The second-order valence-electron chi connectivity index (χ2n) is 10.8. The molecule has 0 radical (unpaired) electrons. The summed E-state index contributed by atoms with van der Waals surface area (Å²) < 4.78 is 13.9. The molecule has 9 heteroatoms. The van der Waals surface area contributed by atoms with E-state index in [1.54, 1.807) is 10.7 Å². The van der Waals surface area contributed by atoms with Gasteiger partial charge >= 0.3 is 0 Å². The average molecular weight is 489 g/mol. The Hall–Kier alpha value is -3.46. The molecule has 0 spiro atoms. The number of carbonyl (C=O) groups is 1. The lowest BCUT2D eigenvalue weighted by molar-refractivity contribution is -0.117. The van der Waals surface area contributed by atoms with Gasteiger partial charge in [-0.15, -0.1) is 5.10 Å². The lowest BCUT2D eigenvalue weighted by atomic mass is 10.0. The molecule has 4 aromatic rings. The highest BCUT2D eigenvalue weighted by molar-refractivity contribution is 5.92. The van der Waals surface area contributed by atoms with Crippen LogP contribution in [0, 0.1) is 5.92 Å². The van der Waals surface area contributed by atoms with Gasteiger partial charge < -0.3 is 14.1 Å². The molecule has 0 unspecified atom stereocenters. The summed E-state index contributed by atoms with van der Waals surface area (Å²) in [5.41, 5.74) is 2.43. The van der Waals surface area contributed by atoms with E-state index in [1.807, 2.05) is 30.5 Å². The largest absolute Gasteiger partial charge is 0.476 e. The van der Waals surface area contributed by atoms with E-state index in [4.69, 9.17) is 14.1 Å². The van der Waals surface area contributed by atoms with E-state index < -0.39 is 0 Å². The third kappa shape index (κ3) is 4.32. The number of furan rings is 1. The van der Waals surface area contributed by atoms with Crippen LogP contribution in [-0.4, -0.2) is 68.6 Å². The summed E-state index contributed by atoms with van der Waals surface area (Å²) in [7, 11) is 0. The first kappa shape index (κ1) is 23.0. The van der Waals surface area contributed by atoms with Gasteiger partial charge in [-0.05, 0) is 45.4 Å². The van der Waals surface area contributed by atoms with Crippen molar-refractivity contribution in [3.05, 3.63) is 36.7 Å². The third-order valence-corrected chi connectivity index (χ3v) is 7.36. The van der Waals surface area contributed by atoms with Crippen molar-refractivity contribution in [2.75, 3.05) is 37.7 Å². The molecule has 6 rings (SSSR count). The number of piperazine rings is 1. The molecule has 4 aromatic heterocycles. The van der Waals surface area contributed by atoms with Crippen molar-refractivity contribution in [1.82, 2.24) is 24.5 Å². The van der Waals surface area contributed by atoms with Gasteiger partial charge in [-0.3, -0.25) is 9.69 Å². The van der Waals surface area contributed by atoms with E-state index in [2.05, 4.69) is 40.7 Å². The summed E-state index contributed by atoms with van der Waals surface area (Å²) >= 11 is 0. The first-order valence-electron chi connectivity index (χ1n) is 12.7. The Morgan fingerprint density at radius 1 is 1.11 bits per heavy atom. The fourth-order valence-electron chi connectivity index (χ4n) is 5.25. The molecule has 1 saturated carbocycles. The number of carbonyl (C=O) groups excluding carboxylic acids is 1. The van der Waals surface area contributed by atoms with Crippen molar-refractivity contribution in [1.29, 1.82) is 0 Å². The van der Waals surface area contributed by atoms with Gasteiger partial charge in [0.2, 0.25) is 5.88 Å². The average Bonchev–Trinajstić information content (AvgIpc) is 3.59. The second kappa shape index (κ2) is 8.89. The van der Waals surface area contributed by atoms with Crippen LogP contribution in [0.5, 0.6) is 5.88 Å². The first-order chi connectivity index (χ1) is 17.3. The molecule has 2 aliphatic rings. The summed E-state index contributed by atoms with van der Waals surface area (Å²) in [5, 5.41) is 5.65. The molecule has 1 aliphatic carbocycles. The van der Waals surface area contributed by atoms with Crippen LogP contribution in [0.1, 0.15) is 40.0 Å². The third-order valence-electron chi connectivity index (χ3n) is 7.36. The Bertz CT molecular complexity index is 1410. The van der Waals surface area contributed by atoms with Gasteiger partial charge in [0.05, 0.1) is 18.2 Å². The van der Waals surface area contributed by atoms with E-state index in [0.717, 1.165) is 55.1 Å². The number of fused-ring (bicyclic) bond motifs is 2. The highest BCUT2D eigenvalue weighted by atomic mass is 16.5. The van der Waals surface area contributed by atoms with E-state index in [1.165, 1.54) is 0 Å². The molecule has 0 bridgehead atoms. The Morgan fingerprint density at radius 2 is 1.94 bits per heavy atom. The molecule has 188 valence electrons. The minimum atomic E-state index is 0.168. The number of pyridine rings is 1. The lowest BCUT2D eigenvalue weighted by Gasteiger charge is -2.42. The molecule has 36 heavy (non-hydrogen) atoms. The number of nitrogens with zero attached hydrogens (tertiary/aromatic N) is 6. The summed E-state index contributed by atoms with van der Waals surface area (Å²) in [6, 6.07) is 7.65. The molecule has 1 aliphatic heterocycles. The number of anilines is 1. The van der Waals surface area contributed by atoms with E-state index in [9.17, 15) is 4.79 Å². The molecular weight excluding hydrogens is 456 g/mol. The summed E-state index contributed by atoms with van der Waals surface area (Å²) in [5.74, 6) is 2.73. The predicted octanol–water partition coefficient (Wildman–Crippen LogP) is 4.21. The molecule has 0 amide bonds. The molecule has 1 atom stereocenters. The summed E-state index contributed by atoms with van der Waals surface area (Å²) in [6.07, 6.45) is 5.72. The molecular formula is C27H32N6O3. The standard InChI is InChI=1S/C27H32N6O3/c1-27(2,3)32-12-10-31(11-13-32)26-20-15-23(36-22(20)8-9-28-26)21-16-29-24-6-7-25(30-33(21)24)35-17-18-4-5-19(34)14-18/h6-9,15-16,18H,4-5,10-14,17H2,1-3H3/t18-/m0/s1. The van der Waals surface area contributed by atoms with Gasteiger partial charge in [0.1, 0.15) is 22.9 Å². The molecule has 2 fully saturated rings. The van der Waals surface area contributed by atoms with Crippen molar-refractivity contribution in [2.24, 2.45) is 5.92 Å². The minimum Gasteiger partial charge on any atom is -0.476 e. The van der Waals surface area contributed by atoms with Crippen molar-refractivity contribution in [3.63, 3.8) is 0 Å². The van der Waals surface area contributed by atoms with Gasteiger partial charge in [-0.1, -0.05) is 0 Å². The number of aromatic nitrogens is 4. The fourth-order valence-corrected chi connectivity index (χ4v) is 5.25. The summed E-state index contributed by atoms with van der Waals surface area (Å²) in [4.78, 5) is 25.6. The van der Waals surface area contributed by atoms with Crippen molar-refractivity contribution in [3.8, 4) is 17.3 Å². The minimum absolute atomic E-state index is 0.168. The zero-order valence-electron chi connectivity index (χ0n) is 21.1. The van der Waals surface area contributed by atoms with Crippen LogP contribution in [0.3, 0.4) is 0 Å². The molecule has 5 heterocycles. The van der Waals surface area contributed by atoms with Crippen LogP contribution in [0.4, 0.5) is 5.82 Å². The highest BCUT2D eigenvalue weighted by Crippen LogP contribution is 2.34. The quantitative estimate of drug-likeness (QED) is 0.413. The van der Waals surface area contributed by atoms with Crippen LogP contribution in [0.2, 0.25) is 0 Å². The lowest BCUT2D eigenvalue weighted by Crippen LogP contribution is -2.53. The maximum Gasteiger partial charge on any atom is 0.231 e. The van der Waals surface area contributed by atoms with E-state index in [0.29, 0.717) is 42.5 Å². The number of rotatable bonds is 5. The predicted molar refractivity (Wildman–Crippen MR) is 137 cm³/mol. The van der Waals surface area contributed by atoms with Gasteiger partial charge in [0, 0.05) is 62.7 Å². The topological polar surface area (TPSA) is 89.0 Å². The van der Waals surface area contributed by atoms with Crippen LogP contribution in [0.15, 0.2) is 41.1 Å². The van der Waals surface area contributed by atoms with Crippen LogP contribution in [-0.2, 0) is 4.79 Å². The number of ketones is 1. The maximum atomic E-state index is 11.6. The molecule has 0 N–H and O–H groups in total. The second-order valence-corrected chi connectivity index (χ2v) is 10.8. The Kier molecular flexibility index (Phi) is 5.67. The molecule has 9 nitrogen and oxygen atoms in total. The van der Waals surface area contributed by atoms with Gasteiger partial charge in [-0.2, -0.15) is 0 Å². The fraction of sp³-hybridized carbons (Fsp3) is 0.481. The number of Topliss-reactive ketones (excluding diaryl/α,β-unsaturated/α-hetero) is 1. The van der Waals surface area contributed by atoms with E-state index in [-0.39, 0.29) is 11.5 Å². The number of hydrogen-bond acceptors (Lipinski definition) is 8. The number of hydrogen-bond donors (Lipinski definition) is 0. The smallest absolute Gasteiger partial charge is 0.231 e. The number of ether oxygens (including phenoxy) is 1. The van der Waals surface area contributed by atoms with Crippen molar-refractivity contribution >= 4 is 28.2 Å². The van der Waals surface area contributed by atoms with Crippen molar-refractivity contribution < 1.29 is 13.9 Å². The highest BCUT2D eigenvalue weighted by Gasteiger charge is 2.28. The number of imidazole rings is 1. The van der Waals surface area contributed by atoms with Crippen LogP contribution < -0.4 is 9.64 Å². The normalized spacial score (nSPS) is 19.6. The zero-order valence-corrected chi connectivity index (χ0v) is 21.1. The van der Waals surface area contributed by atoms with Crippen LogP contribution in [0.25, 0.3) is 28.1 Å².